The highest BCUT2D eigenvalue weighted by Crippen LogP contribution is 2.32. The van der Waals surface area contributed by atoms with Crippen molar-refractivity contribution in [3.8, 4) is 11.5 Å². The molecule has 0 aromatic heterocycles. The highest BCUT2D eigenvalue weighted by atomic mass is 35.5. The van der Waals surface area contributed by atoms with Crippen LogP contribution in [0.5, 0.6) is 11.5 Å². The van der Waals surface area contributed by atoms with Gasteiger partial charge in [0.1, 0.15) is 17.3 Å². The number of rotatable bonds is 6. The number of carbonyl (C=O) groups excluding carboxylic acids is 1. The Kier molecular flexibility index (Phi) is 7.67. The predicted octanol–water partition coefficient (Wildman–Crippen LogP) is 2.82. The van der Waals surface area contributed by atoms with Crippen molar-refractivity contribution in [2.24, 2.45) is 5.73 Å². The highest BCUT2D eigenvalue weighted by Gasteiger charge is 2.23. The third-order valence-electron chi connectivity index (χ3n) is 3.63. The summed E-state index contributed by atoms with van der Waals surface area (Å²) in [6, 6.07) is 10.0. The molecule has 2 aromatic carbocycles. The van der Waals surface area contributed by atoms with Crippen LogP contribution < -0.4 is 20.5 Å². The lowest BCUT2D eigenvalue weighted by molar-refractivity contribution is -0.122. The molecule has 0 saturated heterocycles. The molecule has 2 rings (SSSR count). The molecular weight excluding hydrogens is 347 g/mol. The molecule has 0 spiro atoms. The first kappa shape index (κ1) is 20.7. The van der Waals surface area contributed by atoms with Crippen LogP contribution in [0.3, 0.4) is 0 Å². The maximum absolute atomic E-state index is 13.8. The van der Waals surface area contributed by atoms with E-state index < -0.39 is 17.9 Å². The molecule has 1 amide bonds. The molecule has 0 radical (unpaired) electrons. The van der Waals surface area contributed by atoms with Gasteiger partial charge in [-0.15, -0.1) is 12.4 Å². The van der Waals surface area contributed by atoms with E-state index in [1.165, 1.54) is 25.3 Å². The molecule has 3 N–H and O–H groups in total. The molecule has 0 aliphatic heterocycles. The number of benzene rings is 2. The summed E-state index contributed by atoms with van der Waals surface area (Å²) in [6.45, 7) is 1.58. The van der Waals surface area contributed by atoms with Crippen molar-refractivity contribution in [2.45, 2.75) is 19.0 Å². The van der Waals surface area contributed by atoms with E-state index in [0.717, 1.165) is 5.56 Å². The Labute approximate surface area is 152 Å². The third kappa shape index (κ3) is 5.08. The van der Waals surface area contributed by atoms with Crippen molar-refractivity contribution >= 4 is 18.3 Å². The van der Waals surface area contributed by atoms with Gasteiger partial charge in [-0.05, 0) is 42.8 Å². The van der Waals surface area contributed by atoms with Crippen molar-refractivity contribution in [3.63, 3.8) is 0 Å². The van der Waals surface area contributed by atoms with Crippen molar-refractivity contribution in [1.29, 1.82) is 0 Å². The number of hydrogen-bond acceptors (Lipinski definition) is 4. The van der Waals surface area contributed by atoms with E-state index in [4.69, 9.17) is 15.2 Å². The fraction of sp³-hybridized carbons (Fsp3) is 0.278. The zero-order valence-electron chi connectivity index (χ0n) is 14.3. The minimum Gasteiger partial charge on any atom is -0.497 e. The van der Waals surface area contributed by atoms with Crippen molar-refractivity contribution in [3.05, 3.63) is 59.4 Å². The Morgan fingerprint density at radius 3 is 2.48 bits per heavy atom. The van der Waals surface area contributed by atoms with Gasteiger partial charge in [0.05, 0.1) is 26.3 Å². The Balaban J connectivity index is 0.00000312. The highest BCUT2D eigenvalue weighted by molar-refractivity contribution is 5.85. The van der Waals surface area contributed by atoms with Crippen molar-refractivity contribution in [2.75, 3.05) is 14.2 Å². The first-order valence-electron chi connectivity index (χ1n) is 7.49. The van der Waals surface area contributed by atoms with Gasteiger partial charge in [-0.1, -0.05) is 12.1 Å². The van der Waals surface area contributed by atoms with Crippen LogP contribution in [-0.4, -0.2) is 26.2 Å². The molecule has 5 nitrogen and oxygen atoms in total. The van der Waals surface area contributed by atoms with E-state index in [9.17, 15) is 9.18 Å². The molecule has 7 heteroatoms. The van der Waals surface area contributed by atoms with Gasteiger partial charge in [0.2, 0.25) is 5.91 Å². The van der Waals surface area contributed by atoms with Crippen LogP contribution in [0.4, 0.5) is 4.39 Å². The largest absolute Gasteiger partial charge is 0.497 e. The summed E-state index contributed by atoms with van der Waals surface area (Å²) in [5, 5.41) is 2.84. The van der Waals surface area contributed by atoms with Gasteiger partial charge >= 0.3 is 0 Å². The van der Waals surface area contributed by atoms with Crippen molar-refractivity contribution < 1.29 is 18.7 Å². The number of hydrogen-bond donors (Lipinski definition) is 2. The number of carbonyl (C=O) groups is 1. The second-order valence-corrected chi connectivity index (χ2v) is 5.39. The molecule has 136 valence electrons. The molecule has 25 heavy (non-hydrogen) atoms. The average molecular weight is 369 g/mol. The molecule has 0 saturated carbocycles. The second kappa shape index (κ2) is 9.25. The number of halogens is 2. The number of nitrogens with two attached hydrogens (primary N) is 1. The van der Waals surface area contributed by atoms with Gasteiger partial charge in [0.25, 0.3) is 0 Å². The molecule has 2 aromatic rings. The monoisotopic (exact) mass is 368 g/mol. The number of ether oxygens (including phenoxy) is 2. The van der Waals surface area contributed by atoms with Crippen LogP contribution in [0, 0.1) is 5.82 Å². The van der Waals surface area contributed by atoms with E-state index in [-0.39, 0.29) is 18.3 Å². The summed E-state index contributed by atoms with van der Waals surface area (Å²) in [7, 11) is 3.05. The van der Waals surface area contributed by atoms with Crippen LogP contribution >= 0.6 is 12.4 Å². The Morgan fingerprint density at radius 2 is 1.88 bits per heavy atom. The fourth-order valence-electron chi connectivity index (χ4n) is 2.37. The topological polar surface area (TPSA) is 73.6 Å². The van der Waals surface area contributed by atoms with Gasteiger partial charge in [0.15, 0.2) is 0 Å². The summed E-state index contributed by atoms with van der Waals surface area (Å²) in [6.07, 6.45) is 0. The van der Waals surface area contributed by atoms with Crippen LogP contribution in [0.25, 0.3) is 0 Å². The lowest BCUT2D eigenvalue weighted by atomic mass is 9.97. The maximum atomic E-state index is 13.8. The first-order chi connectivity index (χ1) is 11.5. The number of methoxy groups -OCH3 is 2. The number of amides is 1. The van der Waals surface area contributed by atoms with Crippen LogP contribution in [0.15, 0.2) is 42.5 Å². The quantitative estimate of drug-likeness (QED) is 0.822. The third-order valence-corrected chi connectivity index (χ3v) is 3.63. The normalized spacial score (nSPS) is 12.5. The smallest absolute Gasteiger partial charge is 0.237 e. The predicted molar refractivity (Wildman–Crippen MR) is 96.8 cm³/mol. The van der Waals surface area contributed by atoms with E-state index in [0.29, 0.717) is 17.1 Å². The molecule has 0 heterocycles. The summed E-state index contributed by atoms with van der Waals surface area (Å²) in [5.41, 5.74) is 6.88. The first-order valence-corrected chi connectivity index (χ1v) is 7.49. The Hall–Kier alpha value is -2.31. The van der Waals surface area contributed by atoms with Crippen LogP contribution in [0.1, 0.15) is 24.1 Å². The molecular formula is C18H22ClFN2O3. The fourth-order valence-corrected chi connectivity index (χ4v) is 2.37. The number of nitrogens with one attached hydrogen (secondary N) is 1. The summed E-state index contributed by atoms with van der Waals surface area (Å²) < 4.78 is 24.3. The standard InChI is InChI=1S/C18H21FN2O3.ClH/c1-11(20)18(22)21-17(12-5-4-6-14(9-12)23-2)15-10-13(19)7-8-16(15)24-3;/h4-11,17H,20H2,1-3H3,(H,21,22);1H/t11-,17?;/m0./s1. The lowest BCUT2D eigenvalue weighted by Crippen LogP contribution is -2.40. The van der Waals surface area contributed by atoms with E-state index in [2.05, 4.69) is 5.32 Å². The van der Waals surface area contributed by atoms with Crippen molar-refractivity contribution in [1.82, 2.24) is 5.32 Å². The zero-order chi connectivity index (χ0) is 17.7. The molecule has 0 aliphatic carbocycles. The summed E-state index contributed by atoms with van der Waals surface area (Å²) in [4.78, 5) is 12.1. The summed E-state index contributed by atoms with van der Waals surface area (Å²) >= 11 is 0. The summed E-state index contributed by atoms with van der Waals surface area (Å²) in [5.74, 6) is 0.319. The van der Waals surface area contributed by atoms with Gasteiger partial charge in [-0.2, -0.15) is 0 Å². The van der Waals surface area contributed by atoms with E-state index in [1.807, 2.05) is 6.07 Å². The minimum atomic E-state index is -0.697. The second-order valence-electron chi connectivity index (χ2n) is 5.39. The SMILES string of the molecule is COc1cccc(C(NC(=O)[C@H](C)N)c2cc(F)ccc2OC)c1.Cl. The molecule has 0 aliphatic rings. The molecule has 0 bridgehead atoms. The van der Waals surface area contributed by atoms with Gasteiger partial charge in [-0.25, -0.2) is 4.39 Å². The van der Waals surface area contributed by atoms with Crippen LogP contribution in [0.2, 0.25) is 0 Å². The zero-order valence-corrected chi connectivity index (χ0v) is 15.1. The molecule has 1 unspecified atom stereocenters. The average Bonchev–Trinajstić information content (AvgIpc) is 2.59. The molecule has 2 atom stereocenters. The van der Waals surface area contributed by atoms with Gasteiger partial charge in [0, 0.05) is 5.56 Å². The van der Waals surface area contributed by atoms with E-state index in [1.54, 1.807) is 32.2 Å². The maximum Gasteiger partial charge on any atom is 0.237 e. The lowest BCUT2D eigenvalue weighted by Gasteiger charge is -2.23. The molecule has 0 fully saturated rings. The van der Waals surface area contributed by atoms with Gasteiger partial charge < -0.3 is 20.5 Å². The Bertz CT molecular complexity index is 725. The Morgan fingerprint density at radius 1 is 1.16 bits per heavy atom. The van der Waals surface area contributed by atoms with Gasteiger partial charge in [-0.3, -0.25) is 4.79 Å². The van der Waals surface area contributed by atoms with E-state index >= 15 is 0 Å². The minimum absolute atomic E-state index is 0. The van der Waals surface area contributed by atoms with Crippen LogP contribution in [-0.2, 0) is 4.79 Å².